The molecule has 2 N–H and O–H groups in total. The minimum Gasteiger partial charge on any atom is -0.396 e. The molecule has 27 heavy (non-hydrogen) atoms. The van der Waals surface area contributed by atoms with Crippen LogP contribution in [-0.4, -0.2) is 59.6 Å². The summed E-state index contributed by atoms with van der Waals surface area (Å²) in [5, 5.41) is 12.5. The van der Waals surface area contributed by atoms with E-state index in [4.69, 9.17) is 0 Å². The van der Waals surface area contributed by atoms with E-state index in [1.54, 1.807) is 0 Å². The van der Waals surface area contributed by atoms with Crippen molar-refractivity contribution in [2.24, 2.45) is 0 Å². The Morgan fingerprint density at radius 3 is 2.11 bits per heavy atom. The normalized spacial score (nSPS) is 16.8. The van der Waals surface area contributed by atoms with Gasteiger partial charge in [0.1, 0.15) is 0 Å². The number of nitrogens with one attached hydrogen (secondary N) is 1. The Morgan fingerprint density at radius 2 is 1.52 bits per heavy atom. The fourth-order valence-corrected chi connectivity index (χ4v) is 3.58. The Kier molecular flexibility index (Phi) is 7.39. The van der Waals surface area contributed by atoms with Crippen LogP contribution in [0.2, 0.25) is 0 Å². The van der Waals surface area contributed by atoms with Crippen LogP contribution in [0.4, 0.5) is 0 Å². The molecule has 0 bridgehead atoms. The molecule has 1 saturated heterocycles. The van der Waals surface area contributed by atoms with Gasteiger partial charge < -0.3 is 10.4 Å². The second-order valence-electron chi connectivity index (χ2n) is 7.03. The molecule has 144 valence electrons. The number of hydrogen-bond acceptors (Lipinski definition) is 4. The summed E-state index contributed by atoms with van der Waals surface area (Å²) in [6.07, 6.45) is 0.472. The molecule has 2 aromatic carbocycles. The summed E-state index contributed by atoms with van der Waals surface area (Å²) in [6, 6.07) is 20.1. The molecule has 5 nitrogen and oxygen atoms in total. The predicted octanol–water partition coefficient (Wildman–Crippen LogP) is 1.87. The van der Waals surface area contributed by atoms with Gasteiger partial charge in [-0.05, 0) is 17.5 Å². The van der Waals surface area contributed by atoms with Gasteiger partial charge in [-0.2, -0.15) is 0 Å². The van der Waals surface area contributed by atoms with Gasteiger partial charge in [-0.15, -0.1) is 0 Å². The first-order valence-corrected chi connectivity index (χ1v) is 9.69. The largest absolute Gasteiger partial charge is 0.396 e. The van der Waals surface area contributed by atoms with Crippen molar-refractivity contribution in [3.63, 3.8) is 0 Å². The summed E-state index contributed by atoms with van der Waals surface area (Å²) in [5.74, 6) is 0.00409. The van der Waals surface area contributed by atoms with Gasteiger partial charge in [-0.25, -0.2) is 0 Å². The summed E-state index contributed by atoms with van der Waals surface area (Å²) in [7, 11) is 0. The fraction of sp³-hybridized carbons (Fsp3) is 0.409. The molecule has 1 amide bonds. The maximum absolute atomic E-state index is 12.7. The average Bonchev–Trinajstić information content (AvgIpc) is 2.72. The van der Waals surface area contributed by atoms with Gasteiger partial charge in [-0.3, -0.25) is 14.6 Å². The van der Waals surface area contributed by atoms with Crippen LogP contribution in [0.1, 0.15) is 17.5 Å². The molecule has 1 atom stereocenters. The van der Waals surface area contributed by atoms with Crippen molar-refractivity contribution in [1.29, 1.82) is 0 Å². The van der Waals surface area contributed by atoms with Crippen LogP contribution in [0, 0.1) is 0 Å². The highest BCUT2D eigenvalue weighted by molar-refractivity contribution is 5.81. The van der Waals surface area contributed by atoms with Crippen molar-refractivity contribution in [3.05, 3.63) is 71.8 Å². The highest BCUT2D eigenvalue weighted by Crippen LogP contribution is 2.13. The molecule has 0 spiro atoms. The molecule has 0 saturated carbocycles. The van der Waals surface area contributed by atoms with E-state index in [0.29, 0.717) is 13.0 Å². The highest BCUT2D eigenvalue weighted by Gasteiger charge is 2.28. The molecular formula is C22H29N3O2. The molecule has 1 heterocycles. The molecule has 0 radical (unpaired) electrons. The number of nitrogens with zero attached hydrogens (tertiary/aromatic N) is 2. The van der Waals surface area contributed by atoms with Gasteiger partial charge in [-0.1, -0.05) is 60.7 Å². The maximum Gasteiger partial charge on any atom is 0.237 e. The molecule has 2 aromatic rings. The molecule has 0 aliphatic carbocycles. The van der Waals surface area contributed by atoms with Crippen molar-refractivity contribution in [2.75, 3.05) is 32.8 Å². The van der Waals surface area contributed by atoms with E-state index in [1.807, 2.05) is 36.4 Å². The first kappa shape index (κ1) is 19.5. The molecule has 1 aliphatic rings. The third-order valence-electron chi connectivity index (χ3n) is 5.11. The SMILES string of the molecule is O=C(NCc1ccccc1)C(CCO)N1CCN(Cc2ccccc2)CC1. The number of hydrogen-bond donors (Lipinski definition) is 2. The number of carbonyl (C=O) groups is 1. The summed E-state index contributed by atoms with van der Waals surface area (Å²) < 4.78 is 0. The molecule has 0 aromatic heterocycles. The second-order valence-corrected chi connectivity index (χ2v) is 7.03. The van der Waals surface area contributed by atoms with Crippen molar-refractivity contribution >= 4 is 5.91 Å². The molecular weight excluding hydrogens is 338 g/mol. The molecule has 5 heteroatoms. The zero-order chi connectivity index (χ0) is 18.9. The van der Waals surface area contributed by atoms with Crippen LogP contribution in [0.25, 0.3) is 0 Å². The maximum atomic E-state index is 12.7. The Bertz CT molecular complexity index is 685. The topological polar surface area (TPSA) is 55.8 Å². The first-order valence-electron chi connectivity index (χ1n) is 9.69. The average molecular weight is 367 g/mol. The molecule has 1 aliphatic heterocycles. The number of benzene rings is 2. The van der Waals surface area contributed by atoms with E-state index in [-0.39, 0.29) is 18.6 Å². The zero-order valence-corrected chi connectivity index (χ0v) is 15.8. The van der Waals surface area contributed by atoms with Crippen LogP contribution in [0.3, 0.4) is 0 Å². The Labute approximate surface area is 161 Å². The summed E-state index contributed by atoms with van der Waals surface area (Å²) in [6.45, 7) is 5.04. The smallest absolute Gasteiger partial charge is 0.237 e. The molecule has 1 fully saturated rings. The minimum absolute atomic E-state index is 0.00409. The first-order chi connectivity index (χ1) is 13.3. The van der Waals surface area contributed by atoms with Crippen molar-refractivity contribution < 1.29 is 9.90 Å². The number of aliphatic hydroxyl groups excluding tert-OH is 1. The summed E-state index contributed by atoms with van der Waals surface area (Å²) in [5.41, 5.74) is 2.40. The number of carbonyl (C=O) groups excluding carboxylic acids is 1. The van der Waals surface area contributed by atoms with Gasteiger partial charge >= 0.3 is 0 Å². The molecule has 1 unspecified atom stereocenters. The summed E-state index contributed by atoms with van der Waals surface area (Å²) >= 11 is 0. The Hall–Kier alpha value is -2.21. The third kappa shape index (κ3) is 5.89. The Morgan fingerprint density at radius 1 is 0.926 bits per heavy atom. The van der Waals surface area contributed by atoms with Crippen LogP contribution in [0.15, 0.2) is 60.7 Å². The van der Waals surface area contributed by atoms with E-state index < -0.39 is 0 Å². The van der Waals surface area contributed by atoms with E-state index in [1.165, 1.54) is 5.56 Å². The number of piperazine rings is 1. The highest BCUT2D eigenvalue weighted by atomic mass is 16.3. The van der Waals surface area contributed by atoms with Crippen LogP contribution in [-0.2, 0) is 17.9 Å². The van der Waals surface area contributed by atoms with Gasteiger partial charge in [0.25, 0.3) is 0 Å². The minimum atomic E-state index is -0.266. The molecule has 3 rings (SSSR count). The van der Waals surface area contributed by atoms with Crippen molar-refractivity contribution in [1.82, 2.24) is 15.1 Å². The second kappa shape index (κ2) is 10.2. The van der Waals surface area contributed by atoms with Crippen LogP contribution >= 0.6 is 0 Å². The van der Waals surface area contributed by atoms with Gasteiger partial charge in [0, 0.05) is 45.9 Å². The number of rotatable bonds is 8. The van der Waals surface area contributed by atoms with Gasteiger partial charge in [0.05, 0.1) is 6.04 Å². The van der Waals surface area contributed by atoms with Crippen molar-refractivity contribution in [2.45, 2.75) is 25.6 Å². The van der Waals surface area contributed by atoms with Crippen molar-refractivity contribution in [3.8, 4) is 0 Å². The number of amides is 1. The Balaban J connectivity index is 1.50. The monoisotopic (exact) mass is 367 g/mol. The zero-order valence-electron chi connectivity index (χ0n) is 15.8. The van der Waals surface area contributed by atoms with E-state index >= 15 is 0 Å². The van der Waals surface area contributed by atoms with E-state index in [0.717, 1.165) is 38.3 Å². The quantitative estimate of drug-likeness (QED) is 0.748. The van der Waals surface area contributed by atoms with Gasteiger partial charge in [0.2, 0.25) is 5.91 Å². The van der Waals surface area contributed by atoms with Crippen LogP contribution < -0.4 is 5.32 Å². The standard InChI is InChI=1S/C22H29N3O2/c26-16-11-21(22(27)23-17-19-7-3-1-4-8-19)25-14-12-24(13-15-25)18-20-9-5-2-6-10-20/h1-10,21,26H,11-18H2,(H,23,27). The summed E-state index contributed by atoms with van der Waals surface area (Å²) in [4.78, 5) is 17.3. The van der Waals surface area contributed by atoms with E-state index in [9.17, 15) is 9.90 Å². The van der Waals surface area contributed by atoms with E-state index in [2.05, 4.69) is 39.4 Å². The lowest BCUT2D eigenvalue weighted by Crippen LogP contribution is -2.54. The van der Waals surface area contributed by atoms with Gasteiger partial charge in [0.15, 0.2) is 0 Å². The van der Waals surface area contributed by atoms with Crippen LogP contribution in [0.5, 0.6) is 0 Å². The predicted molar refractivity (Wildman–Crippen MR) is 107 cm³/mol. The fourth-order valence-electron chi connectivity index (χ4n) is 3.58. The third-order valence-corrected chi connectivity index (χ3v) is 5.11. The lowest BCUT2D eigenvalue weighted by molar-refractivity contribution is -0.128. The lowest BCUT2D eigenvalue weighted by atomic mass is 10.1. The lowest BCUT2D eigenvalue weighted by Gasteiger charge is -2.38. The number of aliphatic hydroxyl groups is 1.